The molecule has 0 aromatic heterocycles. The number of amides is 2. The molecule has 2 aromatic rings. The van der Waals surface area contributed by atoms with Crippen molar-refractivity contribution in [1.82, 2.24) is 4.48 Å². The van der Waals surface area contributed by atoms with Crippen molar-refractivity contribution in [2.45, 2.75) is 44.6 Å². The van der Waals surface area contributed by atoms with E-state index in [4.69, 9.17) is 22.3 Å². The van der Waals surface area contributed by atoms with E-state index in [2.05, 4.69) is 17.3 Å². The number of fused-ring (bicyclic) bond motifs is 1. The fraction of sp³-hybridized carbons (Fsp3) is 0.417. The van der Waals surface area contributed by atoms with E-state index < -0.39 is 17.5 Å². The number of hydrogen-bond acceptors (Lipinski definition) is 4. The predicted octanol–water partition coefficient (Wildman–Crippen LogP) is 4.51. The van der Waals surface area contributed by atoms with Crippen molar-refractivity contribution in [1.29, 1.82) is 0 Å². The van der Waals surface area contributed by atoms with Gasteiger partial charge in [-0.25, -0.2) is 9.28 Å². The van der Waals surface area contributed by atoms with Gasteiger partial charge in [0.15, 0.2) is 0 Å². The van der Waals surface area contributed by atoms with Gasteiger partial charge in [0.2, 0.25) is 0 Å². The maximum Gasteiger partial charge on any atom is 0.419 e. The molecule has 31 heavy (non-hydrogen) atoms. The number of nitrogens with two attached hydrogens (primary N) is 1. The summed E-state index contributed by atoms with van der Waals surface area (Å²) in [4.78, 5) is 25.6. The molecule has 3 unspecified atom stereocenters. The molecule has 3 atom stereocenters. The van der Waals surface area contributed by atoms with Crippen LogP contribution in [-0.2, 0) is 21.9 Å². The standard InChI is InChI=1S/C24H27ClN2O4/c1-2-24(15-17-8-9-21-18(14-17)11-13-30-21)16-19(22(28)31-25)10-12-27(24,23(26)29)20-6-4-3-5-7-20/h3-9,14,19H,2,10-13,15-16H2,1H3,(H-,26,29)/p+1. The Morgan fingerprint density at radius 2 is 2.03 bits per heavy atom. The summed E-state index contributed by atoms with van der Waals surface area (Å²) in [6.45, 7) is 3.16. The second kappa shape index (κ2) is 8.52. The highest BCUT2D eigenvalue weighted by molar-refractivity contribution is 6.13. The topological polar surface area (TPSA) is 78.6 Å². The van der Waals surface area contributed by atoms with Gasteiger partial charge >= 0.3 is 12.0 Å². The number of carbonyl (C=O) groups excluding carboxylic acids is 2. The Kier molecular flexibility index (Phi) is 5.95. The van der Waals surface area contributed by atoms with E-state index in [1.165, 1.54) is 5.56 Å². The molecule has 0 radical (unpaired) electrons. The minimum atomic E-state index is -0.616. The Bertz CT molecular complexity index is 983. The third-order valence-electron chi connectivity index (χ3n) is 7.18. The zero-order valence-corrected chi connectivity index (χ0v) is 18.4. The Labute approximate surface area is 187 Å². The van der Waals surface area contributed by atoms with E-state index in [0.29, 0.717) is 38.8 Å². The summed E-state index contributed by atoms with van der Waals surface area (Å²) in [5.74, 6) is 0.0851. The number of ether oxygens (including phenoxy) is 1. The Morgan fingerprint density at radius 1 is 1.26 bits per heavy atom. The lowest BCUT2D eigenvalue weighted by Gasteiger charge is -2.53. The summed E-state index contributed by atoms with van der Waals surface area (Å²) in [6.07, 6.45) is 3.06. The van der Waals surface area contributed by atoms with Crippen molar-refractivity contribution in [3.8, 4) is 5.75 Å². The summed E-state index contributed by atoms with van der Waals surface area (Å²) < 4.78 is 10.2. The third kappa shape index (κ3) is 3.58. The molecule has 0 aliphatic carbocycles. The van der Waals surface area contributed by atoms with Gasteiger partial charge in [0.1, 0.15) is 28.8 Å². The lowest BCUT2D eigenvalue weighted by Crippen LogP contribution is -2.74. The summed E-state index contributed by atoms with van der Waals surface area (Å²) in [5.41, 5.74) is 8.66. The second-order valence-electron chi connectivity index (χ2n) is 8.59. The number of nitrogens with zero attached hydrogens (tertiary/aromatic N) is 1. The molecule has 2 amide bonds. The zero-order chi connectivity index (χ0) is 22.1. The highest BCUT2D eigenvalue weighted by Gasteiger charge is 2.60. The average molecular weight is 444 g/mol. The summed E-state index contributed by atoms with van der Waals surface area (Å²) in [5, 5.41) is 0. The van der Waals surface area contributed by atoms with E-state index in [1.54, 1.807) is 0 Å². The van der Waals surface area contributed by atoms with Crippen LogP contribution >= 0.6 is 11.9 Å². The molecule has 2 aliphatic rings. The average Bonchev–Trinajstić information content (AvgIpc) is 3.26. The molecule has 0 bridgehead atoms. The Balaban J connectivity index is 1.84. The van der Waals surface area contributed by atoms with Gasteiger partial charge in [-0.15, -0.1) is 0 Å². The van der Waals surface area contributed by atoms with Crippen LogP contribution in [0.3, 0.4) is 0 Å². The van der Waals surface area contributed by atoms with Crippen LogP contribution in [0.1, 0.15) is 37.3 Å². The summed E-state index contributed by atoms with van der Waals surface area (Å²) in [6, 6.07) is 15.5. The van der Waals surface area contributed by atoms with E-state index in [1.807, 2.05) is 42.5 Å². The lowest BCUT2D eigenvalue weighted by molar-refractivity contribution is -0.141. The largest absolute Gasteiger partial charge is 0.493 e. The van der Waals surface area contributed by atoms with E-state index in [0.717, 1.165) is 23.4 Å². The molecule has 1 saturated heterocycles. The first-order valence-electron chi connectivity index (χ1n) is 10.8. The van der Waals surface area contributed by atoms with Gasteiger partial charge in [-0.3, -0.25) is 4.79 Å². The van der Waals surface area contributed by atoms with Crippen LogP contribution in [0.5, 0.6) is 5.75 Å². The van der Waals surface area contributed by atoms with Crippen LogP contribution in [0, 0.1) is 5.92 Å². The molecule has 2 aliphatic heterocycles. The van der Waals surface area contributed by atoms with Gasteiger partial charge in [-0.1, -0.05) is 37.3 Å². The van der Waals surface area contributed by atoms with Crippen molar-refractivity contribution in [2.75, 3.05) is 13.2 Å². The van der Waals surface area contributed by atoms with Crippen LogP contribution in [0.4, 0.5) is 10.5 Å². The first kappa shape index (κ1) is 21.7. The number of carbonyl (C=O) groups is 2. The van der Waals surface area contributed by atoms with E-state index >= 15 is 0 Å². The maximum atomic E-state index is 13.2. The quantitative estimate of drug-likeness (QED) is 0.690. The van der Waals surface area contributed by atoms with Crippen LogP contribution in [0.2, 0.25) is 0 Å². The SMILES string of the molecule is CCC1(Cc2ccc3c(c2)CCO3)CC(C(=O)OCl)CC[N+]1(C(N)=O)c1ccccc1. The fourth-order valence-corrected chi connectivity index (χ4v) is 5.73. The molecule has 2 aromatic carbocycles. The highest BCUT2D eigenvalue weighted by atomic mass is 35.5. The monoisotopic (exact) mass is 443 g/mol. The van der Waals surface area contributed by atoms with Crippen LogP contribution < -0.4 is 15.0 Å². The van der Waals surface area contributed by atoms with Gasteiger partial charge in [0.25, 0.3) is 0 Å². The molecule has 164 valence electrons. The van der Waals surface area contributed by atoms with E-state index in [-0.39, 0.29) is 10.4 Å². The third-order valence-corrected chi connectivity index (χ3v) is 7.33. The summed E-state index contributed by atoms with van der Waals surface area (Å²) in [7, 11) is 0. The number of halogens is 1. The van der Waals surface area contributed by atoms with Crippen LogP contribution in [0.25, 0.3) is 0 Å². The number of benzene rings is 2. The molecule has 4 rings (SSSR count). The van der Waals surface area contributed by atoms with Crippen molar-refractivity contribution < 1.29 is 18.6 Å². The highest BCUT2D eigenvalue weighted by Crippen LogP contribution is 2.47. The molecule has 0 spiro atoms. The number of likely N-dealkylation sites (tertiary alicyclic amines) is 1. The lowest BCUT2D eigenvalue weighted by atomic mass is 9.72. The summed E-state index contributed by atoms with van der Waals surface area (Å²) >= 11 is 5.44. The number of piperidine rings is 1. The number of primary amides is 1. The minimum Gasteiger partial charge on any atom is -0.493 e. The Morgan fingerprint density at radius 3 is 2.71 bits per heavy atom. The number of hydrogen-bond donors (Lipinski definition) is 1. The zero-order valence-electron chi connectivity index (χ0n) is 17.7. The molecule has 2 heterocycles. The molecular formula is C24H28ClN2O4+. The van der Waals surface area contributed by atoms with E-state index in [9.17, 15) is 9.59 Å². The van der Waals surface area contributed by atoms with Crippen molar-refractivity contribution in [2.24, 2.45) is 11.7 Å². The molecule has 6 nitrogen and oxygen atoms in total. The van der Waals surface area contributed by atoms with Gasteiger partial charge in [-0.2, -0.15) is 0 Å². The Hall–Kier alpha value is -2.57. The number of urea groups is 1. The van der Waals surface area contributed by atoms with Crippen molar-refractivity contribution >= 4 is 29.6 Å². The smallest absolute Gasteiger partial charge is 0.419 e. The molecule has 1 fully saturated rings. The number of para-hydroxylation sites is 1. The normalized spacial score (nSPS) is 27.2. The van der Waals surface area contributed by atoms with Gasteiger partial charge in [0.05, 0.1) is 19.1 Å². The van der Waals surface area contributed by atoms with Crippen molar-refractivity contribution in [3.63, 3.8) is 0 Å². The van der Waals surface area contributed by atoms with Gasteiger partial charge in [-0.05, 0) is 29.3 Å². The van der Waals surface area contributed by atoms with Crippen LogP contribution in [-0.4, -0.2) is 30.7 Å². The fourth-order valence-electron chi connectivity index (χ4n) is 5.60. The number of rotatable bonds is 5. The predicted molar refractivity (Wildman–Crippen MR) is 120 cm³/mol. The first-order chi connectivity index (χ1) is 15.0. The van der Waals surface area contributed by atoms with Gasteiger partial charge < -0.3 is 14.8 Å². The molecular weight excluding hydrogens is 416 g/mol. The first-order valence-corrected chi connectivity index (χ1v) is 11.1. The van der Waals surface area contributed by atoms with Crippen molar-refractivity contribution in [3.05, 3.63) is 59.7 Å². The second-order valence-corrected chi connectivity index (χ2v) is 8.74. The van der Waals surface area contributed by atoms with Gasteiger partial charge in [0, 0.05) is 32.1 Å². The van der Waals surface area contributed by atoms with Crippen LogP contribution in [0.15, 0.2) is 48.5 Å². The minimum absolute atomic E-state index is 0.00396. The maximum absolute atomic E-state index is 13.2. The molecule has 0 saturated carbocycles. The molecule has 7 heteroatoms. The molecule has 2 N–H and O–H groups in total. The number of quaternary nitrogens is 1.